The zero-order valence-corrected chi connectivity index (χ0v) is 13.0. The van der Waals surface area contributed by atoms with Crippen molar-refractivity contribution in [3.63, 3.8) is 0 Å². The van der Waals surface area contributed by atoms with Gasteiger partial charge in [-0.15, -0.1) is 0 Å². The molecule has 0 saturated heterocycles. The lowest BCUT2D eigenvalue weighted by Crippen LogP contribution is -2.20. The van der Waals surface area contributed by atoms with E-state index in [0.29, 0.717) is 0 Å². The first-order valence-corrected chi connectivity index (χ1v) is 9.37. The molecule has 16 heavy (non-hydrogen) atoms. The predicted octanol–water partition coefficient (Wildman–Crippen LogP) is 6.03. The summed E-state index contributed by atoms with van der Waals surface area (Å²) < 4.78 is 0. The van der Waals surface area contributed by atoms with E-state index in [1.54, 1.807) is 0 Å². The Kier molecular flexibility index (Phi) is 6.67. The first-order valence-electron chi connectivity index (χ1n) is 6.98. The van der Waals surface area contributed by atoms with E-state index in [1.807, 2.05) is 0 Å². The molecule has 0 aliphatic heterocycles. The average Bonchev–Trinajstić information content (AvgIpc) is 2.24. The van der Waals surface area contributed by atoms with Gasteiger partial charge in [-0.2, -0.15) is 0 Å². The number of hydrogen-bond donors (Lipinski definition) is 0. The molecule has 0 amide bonds. The summed E-state index contributed by atoms with van der Waals surface area (Å²) in [5.74, 6) is 1.72. The van der Waals surface area contributed by atoms with Crippen LogP contribution in [-0.2, 0) is 0 Å². The Morgan fingerprint density at radius 2 is 2.00 bits per heavy atom. The van der Waals surface area contributed by atoms with E-state index in [9.17, 15) is 0 Å². The van der Waals surface area contributed by atoms with Crippen molar-refractivity contribution in [1.82, 2.24) is 0 Å². The standard InChI is InChI=1S/C14H28ClP/c1-5-13(9-11(2)3)16(15)14-8-6-7-12(4)10-14/h11-14H,5-10H2,1-4H3/t12-,13?,14?,16?/m1/s1. The Labute approximate surface area is 108 Å². The highest BCUT2D eigenvalue weighted by molar-refractivity contribution is 7.85. The van der Waals surface area contributed by atoms with Crippen molar-refractivity contribution in [2.24, 2.45) is 11.8 Å². The number of rotatable bonds is 5. The molecule has 1 fully saturated rings. The van der Waals surface area contributed by atoms with Gasteiger partial charge in [-0.05, 0) is 56.1 Å². The third-order valence-electron chi connectivity index (χ3n) is 3.82. The predicted molar refractivity (Wildman–Crippen MR) is 77.7 cm³/mol. The third-order valence-corrected chi connectivity index (χ3v) is 7.92. The number of hydrogen-bond acceptors (Lipinski definition) is 0. The van der Waals surface area contributed by atoms with Gasteiger partial charge in [0.1, 0.15) is 0 Å². The summed E-state index contributed by atoms with van der Waals surface area (Å²) in [6.45, 7) is 9.37. The fraction of sp³-hybridized carbons (Fsp3) is 1.00. The van der Waals surface area contributed by atoms with Gasteiger partial charge in [0.15, 0.2) is 0 Å². The lowest BCUT2D eigenvalue weighted by atomic mass is 9.90. The normalized spacial score (nSPS) is 30.4. The van der Waals surface area contributed by atoms with E-state index in [0.717, 1.165) is 23.2 Å². The Hall–Kier alpha value is 0.720. The van der Waals surface area contributed by atoms with E-state index in [2.05, 4.69) is 27.7 Å². The van der Waals surface area contributed by atoms with Gasteiger partial charge in [-0.3, -0.25) is 0 Å². The van der Waals surface area contributed by atoms with Crippen LogP contribution < -0.4 is 0 Å². The van der Waals surface area contributed by atoms with Crippen LogP contribution in [0.4, 0.5) is 0 Å². The average molecular weight is 263 g/mol. The summed E-state index contributed by atoms with van der Waals surface area (Å²) in [5.41, 5.74) is 1.65. The van der Waals surface area contributed by atoms with Gasteiger partial charge in [-0.25, -0.2) is 0 Å². The molecule has 4 atom stereocenters. The van der Waals surface area contributed by atoms with Crippen molar-refractivity contribution >= 4 is 18.5 Å². The number of halogens is 1. The Morgan fingerprint density at radius 1 is 1.31 bits per heavy atom. The van der Waals surface area contributed by atoms with Gasteiger partial charge in [0.25, 0.3) is 0 Å². The van der Waals surface area contributed by atoms with Crippen molar-refractivity contribution < 1.29 is 0 Å². The lowest BCUT2D eigenvalue weighted by molar-refractivity contribution is 0.390. The van der Waals surface area contributed by atoms with Gasteiger partial charge >= 0.3 is 0 Å². The highest BCUT2D eigenvalue weighted by Gasteiger charge is 2.30. The van der Waals surface area contributed by atoms with Crippen LogP contribution in [0.1, 0.15) is 66.2 Å². The van der Waals surface area contributed by atoms with Crippen molar-refractivity contribution in [2.45, 2.75) is 77.5 Å². The molecule has 2 heteroatoms. The molecule has 0 aromatic rings. The summed E-state index contributed by atoms with van der Waals surface area (Å²) in [7, 11) is -0.249. The molecule has 96 valence electrons. The fourth-order valence-electron chi connectivity index (χ4n) is 2.91. The van der Waals surface area contributed by atoms with E-state index >= 15 is 0 Å². The van der Waals surface area contributed by atoms with Crippen LogP contribution in [0.2, 0.25) is 0 Å². The van der Waals surface area contributed by atoms with Crippen LogP contribution in [0.3, 0.4) is 0 Å². The Balaban J connectivity index is 2.49. The summed E-state index contributed by atoms with van der Waals surface area (Å²) in [5, 5.41) is 0. The topological polar surface area (TPSA) is 0 Å². The van der Waals surface area contributed by atoms with Crippen LogP contribution in [0.15, 0.2) is 0 Å². The molecule has 0 N–H and O–H groups in total. The Morgan fingerprint density at radius 3 is 2.50 bits per heavy atom. The van der Waals surface area contributed by atoms with Crippen molar-refractivity contribution in [1.29, 1.82) is 0 Å². The summed E-state index contributed by atoms with van der Waals surface area (Å²) in [6.07, 6.45) is 8.24. The monoisotopic (exact) mass is 262 g/mol. The molecular weight excluding hydrogens is 235 g/mol. The second kappa shape index (κ2) is 7.22. The zero-order chi connectivity index (χ0) is 12.1. The maximum Gasteiger partial charge on any atom is -0.00338 e. The molecular formula is C14H28ClP. The molecule has 1 saturated carbocycles. The van der Waals surface area contributed by atoms with Crippen molar-refractivity contribution in [2.75, 3.05) is 0 Å². The molecule has 1 aliphatic rings. The van der Waals surface area contributed by atoms with Crippen LogP contribution >= 0.6 is 18.5 Å². The van der Waals surface area contributed by atoms with Crippen LogP contribution in [0.5, 0.6) is 0 Å². The third kappa shape index (κ3) is 4.53. The second-order valence-corrected chi connectivity index (χ2v) is 9.28. The molecule has 0 aromatic heterocycles. The molecule has 0 bridgehead atoms. The summed E-state index contributed by atoms with van der Waals surface area (Å²) >= 11 is 6.80. The Bertz CT molecular complexity index is 189. The largest absolute Gasteiger partial charge is 0.0958 e. The van der Waals surface area contributed by atoms with Crippen LogP contribution in [-0.4, -0.2) is 11.3 Å². The van der Waals surface area contributed by atoms with Gasteiger partial charge < -0.3 is 0 Å². The molecule has 3 unspecified atom stereocenters. The van der Waals surface area contributed by atoms with Gasteiger partial charge in [-0.1, -0.05) is 51.8 Å². The van der Waals surface area contributed by atoms with Crippen LogP contribution in [0.25, 0.3) is 0 Å². The van der Waals surface area contributed by atoms with Crippen molar-refractivity contribution in [3.8, 4) is 0 Å². The molecule has 0 spiro atoms. The maximum absolute atomic E-state index is 6.80. The van der Waals surface area contributed by atoms with Gasteiger partial charge in [0.05, 0.1) is 0 Å². The minimum atomic E-state index is -0.249. The molecule has 0 radical (unpaired) electrons. The molecule has 0 heterocycles. The van der Waals surface area contributed by atoms with E-state index in [-0.39, 0.29) is 7.27 Å². The highest BCUT2D eigenvalue weighted by Crippen LogP contribution is 2.58. The SMILES string of the molecule is CCC(CC(C)C)P(Cl)C1CCC[C@@H](C)C1. The highest BCUT2D eigenvalue weighted by atomic mass is 35.7. The van der Waals surface area contributed by atoms with E-state index < -0.39 is 0 Å². The smallest absolute Gasteiger partial charge is 0.00338 e. The maximum atomic E-state index is 6.80. The quantitative estimate of drug-likeness (QED) is 0.531. The van der Waals surface area contributed by atoms with Crippen molar-refractivity contribution in [3.05, 3.63) is 0 Å². The van der Waals surface area contributed by atoms with Gasteiger partial charge in [0, 0.05) is 0 Å². The zero-order valence-electron chi connectivity index (χ0n) is 11.4. The summed E-state index contributed by atoms with van der Waals surface area (Å²) in [4.78, 5) is 0. The fourth-order valence-corrected chi connectivity index (χ4v) is 6.65. The molecule has 1 rings (SSSR count). The molecule has 0 nitrogen and oxygen atoms in total. The lowest BCUT2D eigenvalue weighted by Gasteiger charge is -2.34. The molecule has 1 aliphatic carbocycles. The van der Waals surface area contributed by atoms with Crippen LogP contribution in [0, 0.1) is 11.8 Å². The van der Waals surface area contributed by atoms with E-state index in [4.69, 9.17) is 11.2 Å². The first kappa shape index (κ1) is 14.8. The van der Waals surface area contributed by atoms with E-state index in [1.165, 1.54) is 38.5 Å². The second-order valence-electron chi connectivity index (χ2n) is 5.96. The van der Waals surface area contributed by atoms with Gasteiger partial charge in [0.2, 0.25) is 0 Å². The molecule has 0 aromatic carbocycles. The minimum Gasteiger partial charge on any atom is -0.0958 e. The first-order chi connectivity index (χ1) is 7.54. The minimum absolute atomic E-state index is 0.249. The summed E-state index contributed by atoms with van der Waals surface area (Å²) in [6, 6.07) is 0.